The van der Waals surface area contributed by atoms with Gasteiger partial charge in [0.1, 0.15) is 0 Å². The minimum atomic E-state index is 0.227. The lowest BCUT2D eigenvalue weighted by atomic mass is 9.74. The molecule has 0 atom stereocenters. The van der Waals surface area contributed by atoms with Crippen molar-refractivity contribution in [3.8, 4) is 0 Å². The molecule has 0 aromatic heterocycles. The van der Waals surface area contributed by atoms with E-state index in [9.17, 15) is 4.79 Å². The van der Waals surface area contributed by atoms with Crippen LogP contribution in [0, 0.1) is 5.41 Å². The molecule has 2 heterocycles. The average molecular weight is 154 g/mol. The van der Waals surface area contributed by atoms with Crippen LogP contribution in [-0.4, -0.2) is 37.5 Å². The highest BCUT2D eigenvalue weighted by Gasteiger charge is 2.43. The third kappa shape index (κ3) is 1.13. The molecule has 0 radical (unpaired) electrons. The van der Waals surface area contributed by atoms with Crippen LogP contribution in [0.25, 0.3) is 0 Å². The van der Waals surface area contributed by atoms with Crippen molar-refractivity contribution in [3.05, 3.63) is 0 Å². The number of likely N-dealkylation sites (tertiary alicyclic amines) is 1. The minimum Gasteiger partial charge on any atom is -0.355 e. The maximum atomic E-state index is 10.8. The van der Waals surface area contributed by atoms with Gasteiger partial charge in [-0.05, 0) is 13.5 Å². The lowest BCUT2D eigenvalue weighted by Gasteiger charge is -2.50. The van der Waals surface area contributed by atoms with Crippen molar-refractivity contribution < 1.29 is 4.79 Å². The second-order valence-corrected chi connectivity index (χ2v) is 3.95. The van der Waals surface area contributed by atoms with Crippen LogP contribution < -0.4 is 5.32 Å². The largest absolute Gasteiger partial charge is 0.355 e. The number of carbonyl (C=O) groups is 1. The first kappa shape index (κ1) is 7.10. The zero-order valence-electron chi connectivity index (χ0n) is 6.89. The second-order valence-electron chi connectivity index (χ2n) is 3.95. The van der Waals surface area contributed by atoms with Crippen LogP contribution in [0.1, 0.15) is 12.8 Å². The lowest BCUT2D eigenvalue weighted by molar-refractivity contribution is -0.127. The van der Waals surface area contributed by atoms with Crippen molar-refractivity contribution in [2.24, 2.45) is 5.41 Å². The molecule has 0 unspecified atom stereocenters. The summed E-state index contributed by atoms with van der Waals surface area (Å²) < 4.78 is 0. The van der Waals surface area contributed by atoms with Gasteiger partial charge in [0.05, 0.1) is 0 Å². The Morgan fingerprint density at radius 3 is 2.73 bits per heavy atom. The Bertz CT molecular complexity index is 173. The van der Waals surface area contributed by atoms with E-state index in [1.54, 1.807) is 0 Å². The van der Waals surface area contributed by atoms with Gasteiger partial charge in [-0.2, -0.15) is 0 Å². The summed E-state index contributed by atoms with van der Waals surface area (Å²) in [6.07, 6.45) is 1.82. The van der Waals surface area contributed by atoms with Crippen molar-refractivity contribution in [2.45, 2.75) is 12.8 Å². The number of hydrogen-bond acceptors (Lipinski definition) is 2. The number of carbonyl (C=O) groups excluding carboxylic acids is 1. The summed E-state index contributed by atoms with van der Waals surface area (Å²) in [7, 11) is 2.13. The maximum absolute atomic E-state index is 10.8. The molecule has 3 heteroatoms. The predicted molar refractivity (Wildman–Crippen MR) is 42.2 cm³/mol. The Morgan fingerprint density at radius 2 is 2.27 bits per heavy atom. The molecule has 0 aromatic rings. The molecule has 1 amide bonds. The molecule has 1 N–H and O–H groups in total. The van der Waals surface area contributed by atoms with E-state index in [2.05, 4.69) is 17.3 Å². The van der Waals surface area contributed by atoms with Crippen LogP contribution in [0.4, 0.5) is 0 Å². The number of rotatable bonds is 0. The molecule has 2 saturated heterocycles. The van der Waals surface area contributed by atoms with Gasteiger partial charge in [0.15, 0.2) is 0 Å². The Kier molecular flexibility index (Phi) is 1.42. The summed E-state index contributed by atoms with van der Waals surface area (Å²) in [5.41, 5.74) is 0.447. The topological polar surface area (TPSA) is 32.3 Å². The Labute approximate surface area is 66.8 Å². The van der Waals surface area contributed by atoms with Gasteiger partial charge in [0, 0.05) is 31.5 Å². The van der Waals surface area contributed by atoms with Crippen LogP contribution in [0.3, 0.4) is 0 Å². The van der Waals surface area contributed by atoms with E-state index in [1.165, 1.54) is 0 Å². The number of nitrogens with one attached hydrogen (secondary N) is 1. The molecule has 0 aliphatic carbocycles. The van der Waals surface area contributed by atoms with E-state index in [4.69, 9.17) is 0 Å². The smallest absolute Gasteiger partial charge is 0.220 e. The number of hydrogen-bond donors (Lipinski definition) is 1. The minimum absolute atomic E-state index is 0.227. The van der Waals surface area contributed by atoms with E-state index in [-0.39, 0.29) is 5.91 Å². The van der Waals surface area contributed by atoms with Gasteiger partial charge >= 0.3 is 0 Å². The van der Waals surface area contributed by atoms with Gasteiger partial charge in [-0.15, -0.1) is 0 Å². The predicted octanol–water partition coefficient (Wildman–Crippen LogP) is -0.172. The van der Waals surface area contributed by atoms with Gasteiger partial charge in [0.2, 0.25) is 5.91 Å². The molecule has 2 rings (SSSR count). The zero-order chi connectivity index (χ0) is 7.90. The first-order chi connectivity index (χ1) is 5.20. The third-order valence-corrected chi connectivity index (χ3v) is 2.75. The normalized spacial score (nSPS) is 29.7. The third-order valence-electron chi connectivity index (χ3n) is 2.75. The summed E-state index contributed by atoms with van der Waals surface area (Å²) in [4.78, 5) is 13.2. The van der Waals surface area contributed by atoms with Crippen LogP contribution in [0.15, 0.2) is 0 Å². The van der Waals surface area contributed by atoms with Crippen LogP contribution in [-0.2, 0) is 4.79 Å². The van der Waals surface area contributed by atoms with Crippen molar-refractivity contribution in [1.29, 1.82) is 0 Å². The molecule has 2 aliphatic rings. The fourth-order valence-electron chi connectivity index (χ4n) is 2.21. The molecule has 1 spiro atoms. The summed E-state index contributed by atoms with van der Waals surface area (Å²) in [5, 5.41) is 2.93. The Balaban J connectivity index is 1.93. The zero-order valence-corrected chi connectivity index (χ0v) is 6.89. The molecule has 3 nitrogen and oxygen atoms in total. The summed E-state index contributed by atoms with van der Waals surface area (Å²) in [6.45, 7) is 3.22. The quantitative estimate of drug-likeness (QED) is 0.525. The summed E-state index contributed by atoms with van der Waals surface area (Å²) >= 11 is 0. The first-order valence-electron chi connectivity index (χ1n) is 4.16. The molecule has 2 fully saturated rings. The molecule has 0 aromatic carbocycles. The molecule has 0 saturated carbocycles. The molecular weight excluding hydrogens is 140 g/mol. The fraction of sp³-hybridized carbons (Fsp3) is 0.875. The van der Waals surface area contributed by atoms with E-state index in [1.807, 2.05) is 0 Å². The standard InChI is InChI=1S/C8H14N2O/c1-10-5-8(6-10)3-2-7(11)9-4-8/h2-6H2,1H3,(H,9,11). The number of piperidine rings is 1. The summed E-state index contributed by atoms with van der Waals surface area (Å²) in [5.74, 6) is 0.227. The first-order valence-corrected chi connectivity index (χ1v) is 4.16. The molecule has 62 valence electrons. The molecule has 11 heavy (non-hydrogen) atoms. The van der Waals surface area contributed by atoms with Crippen LogP contribution >= 0.6 is 0 Å². The van der Waals surface area contributed by atoms with E-state index in [0.717, 1.165) is 32.5 Å². The van der Waals surface area contributed by atoms with Gasteiger partial charge in [-0.25, -0.2) is 0 Å². The van der Waals surface area contributed by atoms with Crippen molar-refractivity contribution in [3.63, 3.8) is 0 Å². The SMILES string of the molecule is CN1CC2(CCC(=O)NC2)C1. The Morgan fingerprint density at radius 1 is 1.55 bits per heavy atom. The lowest BCUT2D eigenvalue weighted by Crippen LogP contribution is -2.61. The maximum Gasteiger partial charge on any atom is 0.220 e. The van der Waals surface area contributed by atoms with Crippen molar-refractivity contribution in [1.82, 2.24) is 10.2 Å². The van der Waals surface area contributed by atoms with Crippen molar-refractivity contribution in [2.75, 3.05) is 26.7 Å². The number of amides is 1. The average Bonchev–Trinajstić information content (AvgIpc) is 1.92. The second kappa shape index (κ2) is 2.21. The van der Waals surface area contributed by atoms with Gasteiger partial charge < -0.3 is 10.2 Å². The summed E-state index contributed by atoms with van der Waals surface area (Å²) in [6, 6.07) is 0. The van der Waals surface area contributed by atoms with E-state index >= 15 is 0 Å². The monoisotopic (exact) mass is 154 g/mol. The van der Waals surface area contributed by atoms with Crippen LogP contribution in [0.5, 0.6) is 0 Å². The highest BCUT2D eigenvalue weighted by atomic mass is 16.1. The Hall–Kier alpha value is -0.570. The highest BCUT2D eigenvalue weighted by molar-refractivity contribution is 5.76. The van der Waals surface area contributed by atoms with Crippen molar-refractivity contribution >= 4 is 5.91 Å². The number of nitrogens with zero attached hydrogens (tertiary/aromatic N) is 1. The molecule has 0 bridgehead atoms. The van der Waals surface area contributed by atoms with Crippen LogP contribution in [0.2, 0.25) is 0 Å². The molecular formula is C8H14N2O. The van der Waals surface area contributed by atoms with Gasteiger partial charge in [-0.3, -0.25) is 4.79 Å². The highest BCUT2D eigenvalue weighted by Crippen LogP contribution is 2.35. The fourth-order valence-corrected chi connectivity index (χ4v) is 2.21. The van der Waals surface area contributed by atoms with Gasteiger partial charge in [-0.1, -0.05) is 0 Å². The van der Waals surface area contributed by atoms with E-state index < -0.39 is 0 Å². The molecule has 2 aliphatic heterocycles. The van der Waals surface area contributed by atoms with Gasteiger partial charge in [0.25, 0.3) is 0 Å². The van der Waals surface area contributed by atoms with E-state index in [0.29, 0.717) is 5.41 Å².